The van der Waals surface area contributed by atoms with E-state index in [1.807, 2.05) is 30.3 Å². The lowest BCUT2D eigenvalue weighted by Gasteiger charge is -2.27. The van der Waals surface area contributed by atoms with Crippen molar-refractivity contribution in [2.45, 2.75) is 24.8 Å². The molecule has 2 aromatic carbocycles. The van der Waals surface area contributed by atoms with E-state index in [0.29, 0.717) is 18.1 Å². The Kier molecular flexibility index (Phi) is 3.93. The fraction of sp³-hybridized carbons (Fsp3) is 0.316. The van der Waals surface area contributed by atoms with E-state index in [0.717, 1.165) is 17.5 Å². The first-order valence-electron chi connectivity index (χ1n) is 8.10. The van der Waals surface area contributed by atoms with Gasteiger partial charge in [-0.3, -0.25) is 4.79 Å². The molecule has 1 saturated carbocycles. The first-order chi connectivity index (χ1) is 11.6. The average molecular weight is 346 g/mol. The molecular formula is C19H17ClFNO2. The fourth-order valence-electron chi connectivity index (χ4n) is 3.38. The highest BCUT2D eigenvalue weighted by Gasteiger charge is 2.44. The monoisotopic (exact) mass is 345 g/mol. The second kappa shape index (κ2) is 6.10. The largest absolute Gasteiger partial charge is 0.490 e. The van der Waals surface area contributed by atoms with E-state index in [2.05, 4.69) is 5.32 Å². The molecular weight excluding hydrogens is 329 g/mol. The number of para-hydroxylation sites is 1. The van der Waals surface area contributed by atoms with Crippen molar-refractivity contribution in [3.05, 3.63) is 64.4 Å². The molecule has 1 aliphatic carbocycles. The van der Waals surface area contributed by atoms with E-state index in [9.17, 15) is 9.18 Å². The van der Waals surface area contributed by atoms with E-state index >= 15 is 0 Å². The maximum Gasteiger partial charge on any atom is 0.224 e. The Labute approximate surface area is 144 Å². The standard InChI is InChI=1S/C19H17ClFNO2/c20-12-6-4-11(5-7-12)14-10-15(14)19(23)22-17-8-9-24-18-13(17)2-1-3-16(18)21/h1-7,14-15,17H,8-10H2,(H,22,23)/t14-,15+,17-/m0/s1. The van der Waals surface area contributed by atoms with Crippen molar-refractivity contribution in [1.29, 1.82) is 0 Å². The van der Waals surface area contributed by atoms with Crippen LogP contribution in [0.5, 0.6) is 5.75 Å². The number of amides is 1. The molecule has 0 unspecified atom stereocenters. The van der Waals surface area contributed by atoms with Crippen molar-refractivity contribution in [3.63, 3.8) is 0 Å². The van der Waals surface area contributed by atoms with Crippen LogP contribution in [0.2, 0.25) is 5.02 Å². The van der Waals surface area contributed by atoms with Gasteiger partial charge in [-0.25, -0.2) is 4.39 Å². The number of hydrogen-bond acceptors (Lipinski definition) is 2. The third-order valence-electron chi connectivity index (χ3n) is 4.77. The zero-order valence-electron chi connectivity index (χ0n) is 13.0. The molecule has 0 aromatic heterocycles. The SMILES string of the molecule is O=C(N[C@H]1CCOc2c(F)cccc21)[C@@H]1C[C@H]1c1ccc(Cl)cc1. The lowest BCUT2D eigenvalue weighted by Crippen LogP contribution is -2.33. The lowest BCUT2D eigenvalue weighted by molar-refractivity contribution is -0.123. The molecule has 2 aromatic rings. The van der Waals surface area contributed by atoms with Crippen molar-refractivity contribution < 1.29 is 13.9 Å². The van der Waals surface area contributed by atoms with Gasteiger partial charge in [0.25, 0.3) is 0 Å². The van der Waals surface area contributed by atoms with E-state index in [1.54, 1.807) is 6.07 Å². The zero-order valence-corrected chi connectivity index (χ0v) is 13.7. The highest BCUT2D eigenvalue weighted by Crippen LogP contribution is 2.48. The molecule has 3 atom stereocenters. The van der Waals surface area contributed by atoms with Gasteiger partial charge in [0.05, 0.1) is 12.6 Å². The van der Waals surface area contributed by atoms with Crippen LogP contribution in [-0.2, 0) is 4.79 Å². The summed E-state index contributed by atoms with van der Waals surface area (Å²) < 4.78 is 19.2. The molecule has 1 heterocycles. The minimum Gasteiger partial charge on any atom is -0.490 e. The number of carbonyl (C=O) groups excluding carboxylic acids is 1. The third-order valence-corrected chi connectivity index (χ3v) is 5.02. The molecule has 1 amide bonds. The Morgan fingerprint density at radius 1 is 1.21 bits per heavy atom. The van der Waals surface area contributed by atoms with Crippen LogP contribution in [0.3, 0.4) is 0 Å². The predicted octanol–water partition coefficient (Wildman–Crippen LogP) is 4.22. The van der Waals surface area contributed by atoms with Crippen LogP contribution in [-0.4, -0.2) is 12.5 Å². The van der Waals surface area contributed by atoms with Gasteiger partial charge in [-0.15, -0.1) is 0 Å². The molecule has 0 saturated heterocycles. The van der Waals surface area contributed by atoms with E-state index in [1.165, 1.54) is 6.07 Å². The van der Waals surface area contributed by atoms with Gasteiger partial charge in [-0.2, -0.15) is 0 Å². The summed E-state index contributed by atoms with van der Waals surface area (Å²) in [6, 6.07) is 12.3. The van der Waals surface area contributed by atoms with Crippen molar-refractivity contribution in [3.8, 4) is 5.75 Å². The second-order valence-electron chi connectivity index (χ2n) is 6.36. The number of nitrogens with one attached hydrogen (secondary N) is 1. The number of benzene rings is 2. The van der Waals surface area contributed by atoms with E-state index in [-0.39, 0.29) is 35.4 Å². The van der Waals surface area contributed by atoms with Crippen LogP contribution in [0.1, 0.15) is 35.9 Å². The fourth-order valence-corrected chi connectivity index (χ4v) is 3.50. The van der Waals surface area contributed by atoms with Crippen LogP contribution in [0.15, 0.2) is 42.5 Å². The molecule has 0 bridgehead atoms. The first-order valence-corrected chi connectivity index (χ1v) is 8.48. The van der Waals surface area contributed by atoms with Gasteiger partial charge < -0.3 is 10.1 Å². The number of ether oxygens (including phenoxy) is 1. The Morgan fingerprint density at radius 2 is 2.00 bits per heavy atom. The molecule has 1 N–H and O–H groups in total. The van der Waals surface area contributed by atoms with Crippen LogP contribution in [0.4, 0.5) is 4.39 Å². The number of fused-ring (bicyclic) bond motifs is 1. The molecule has 5 heteroatoms. The molecule has 2 aliphatic rings. The predicted molar refractivity (Wildman–Crippen MR) is 89.7 cm³/mol. The Bertz CT molecular complexity index is 777. The molecule has 0 spiro atoms. The van der Waals surface area contributed by atoms with Gasteiger partial charge in [0.1, 0.15) is 0 Å². The molecule has 3 nitrogen and oxygen atoms in total. The molecule has 4 rings (SSSR count). The third kappa shape index (κ3) is 2.86. The van der Waals surface area contributed by atoms with E-state index < -0.39 is 0 Å². The van der Waals surface area contributed by atoms with Gasteiger partial charge in [-0.1, -0.05) is 35.9 Å². The van der Waals surface area contributed by atoms with Crippen molar-refractivity contribution in [2.75, 3.05) is 6.61 Å². The Hall–Kier alpha value is -2.07. The highest BCUT2D eigenvalue weighted by atomic mass is 35.5. The molecule has 1 aliphatic heterocycles. The van der Waals surface area contributed by atoms with Crippen molar-refractivity contribution >= 4 is 17.5 Å². The molecule has 1 fully saturated rings. The summed E-state index contributed by atoms with van der Waals surface area (Å²) in [5.41, 5.74) is 1.86. The smallest absolute Gasteiger partial charge is 0.224 e. The van der Waals surface area contributed by atoms with Crippen LogP contribution in [0, 0.1) is 11.7 Å². The van der Waals surface area contributed by atoms with Crippen LogP contribution in [0.25, 0.3) is 0 Å². The van der Waals surface area contributed by atoms with Gasteiger partial charge in [0.2, 0.25) is 5.91 Å². The minimum atomic E-state index is -0.378. The van der Waals surface area contributed by atoms with Crippen LogP contribution >= 0.6 is 11.6 Å². The van der Waals surface area contributed by atoms with Gasteiger partial charge in [-0.05, 0) is 36.1 Å². The molecule has 124 valence electrons. The number of carbonyl (C=O) groups is 1. The summed E-state index contributed by atoms with van der Waals surface area (Å²) in [5, 5.41) is 3.76. The highest BCUT2D eigenvalue weighted by molar-refractivity contribution is 6.30. The van der Waals surface area contributed by atoms with Gasteiger partial charge >= 0.3 is 0 Å². The molecule has 24 heavy (non-hydrogen) atoms. The zero-order chi connectivity index (χ0) is 16.7. The Balaban J connectivity index is 1.45. The Morgan fingerprint density at radius 3 is 2.79 bits per heavy atom. The minimum absolute atomic E-state index is 0.0222. The summed E-state index contributed by atoms with van der Waals surface area (Å²) in [7, 11) is 0. The summed E-state index contributed by atoms with van der Waals surface area (Å²) in [4.78, 5) is 12.5. The average Bonchev–Trinajstić information content (AvgIpc) is 3.37. The van der Waals surface area contributed by atoms with Crippen LogP contribution < -0.4 is 10.1 Å². The maximum atomic E-state index is 13.8. The van der Waals surface area contributed by atoms with Crippen molar-refractivity contribution in [1.82, 2.24) is 5.32 Å². The maximum absolute atomic E-state index is 13.8. The summed E-state index contributed by atoms with van der Waals surface area (Å²) >= 11 is 5.90. The topological polar surface area (TPSA) is 38.3 Å². The lowest BCUT2D eigenvalue weighted by atomic mass is 10.00. The van der Waals surface area contributed by atoms with Crippen molar-refractivity contribution in [2.24, 2.45) is 5.92 Å². The number of hydrogen-bond donors (Lipinski definition) is 1. The van der Waals surface area contributed by atoms with E-state index in [4.69, 9.17) is 16.3 Å². The second-order valence-corrected chi connectivity index (χ2v) is 6.79. The summed E-state index contributed by atoms with van der Waals surface area (Å²) in [6.45, 7) is 0.407. The first kappa shape index (κ1) is 15.5. The summed E-state index contributed by atoms with van der Waals surface area (Å²) in [5.74, 6) is 0.133. The number of rotatable bonds is 3. The quantitative estimate of drug-likeness (QED) is 0.904. The van der Waals surface area contributed by atoms with Gasteiger partial charge in [0, 0.05) is 22.9 Å². The summed E-state index contributed by atoms with van der Waals surface area (Å²) in [6.07, 6.45) is 1.49. The van der Waals surface area contributed by atoms with Gasteiger partial charge in [0.15, 0.2) is 11.6 Å². The number of halogens is 2. The molecule has 0 radical (unpaired) electrons. The normalized spacial score (nSPS) is 24.7.